The molecular formula is C41H44N2O. The molecule has 0 heterocycles. The third-order valence-corrected chi connectivity index (χ3v) is 8.16. The summed E-state index contributed by atoms with van der Waals surface area (Å²) < 4.78 is 6.20. The van der Waals surface area contributed by atoms with E-state index in [-0.39, 0.29) is 0 Å². The van der Waals surface area contributed by atoms with E-state index in [0.717, 1.165) is 53.8 Å². The van der Waals surface area contributed by atoms with Crippen LogP contribution in [0.3, 0.4) is 0 Å². The third kappa shape index (κ3) is 7.79. The molecule has 3 heteroatoms. The molecule has 0 N–H and O–H groups in total. The zero-order valence-electron chi connectivity index (χ0n) is 26.1. The van der Waals surface area contributed by atoms with Crippen molar-refractivity contribution in [3.8, 4) is 16.9 Å². The fourth-order valence-corrected chi connectivity index (χ4v) is 5.56. The van der Waals surface area contributed by atoms with Crippen molar-refractivity contribution in [2.45, 2.75) is 39.5 Å². The summed E-state index contributed by atoms with van der Waals surface area (Å²) in [6.45, 7) is 10.00. The van der Waals surface area contributed by atoms with Crippen LogP contribution >= 0.6 is 0 Å². The van der Waals surface area contributed by atoms with Gasteiger partial charge in [-0.2, -0.15) is 0 Å². The summed E-state index contributed by atoms with van der Waals surface area (Å²) in [7, 11) is 0. The van der Waals surface area contributed by atoms with E-state index in [1.807, 2.05) is 12.1 Å². The van der Waals surface area contributed by atoms with Crippen LogP contribution in [0.4, 0.5) is 28.4 Å². The van der Waals surface area contributed by atoms with Crippen molar-refractivity contribution in [1.82, 2.24) is 0 Å². The summed E-state index contributed by atoms with van der Waals surface area (Å²) >= 11 is 0. The number of ether oxygens (including phenoxy) is 1. The fraction of sp³-hybridized carbons (Fsp3) is 0.220. The van der Waals surface area contributed by atoms with Crippen molar-refractivity contribution < 1.29 is 4.74 Å². The van der Waals surface area contributed by atoms with Gasteiger partial charge in [0.15, 0.2) is 0 Å². The van der Waals surface area contributed by atoms with Gasteiger partial charge in [-0.3, -0.25) is 0 Å². The molecule has 0 saturated heterocycles. The fourth-order valence-electron chi connectivity index (χ4n) is 5.56. The predicted octanol–water partition coefficient (Wildman–Crippen LogP) is 11.7. The minimum absolute atomic E-state index is 0.611. The van der Waals surface area contributed by atoms with Crippen molar-refractivity contribution in [1.29, 1.82) is 0 Å². The average Bonchev–Trinajstić information content (AvgIpc) is 3.09. The molecule has 0 aromatic heterocycles. The first kappa shape index (κ1) is 30.7. The van der Waals surface area contributed by atoms with E-state index in [9.17, 15) is 0 Å². The Labute approximate surface area is 264 Å². The Hall–Kier alpha value is -4.76. The molecule has 0 aliphatic rings. The second kappa shape index (κ2) is 15.6. The van der Waals surface area contributed by atoms with Gasteiger partial charge in [0.1, 0.15) is 5.75 Å². The first-order valence-corrected chi connectivity index (χ1v) is 15.9. The van der Waals surface area contributed by atoms with Crippen molar-refractivity contribution in [3.05, 3.63) is 146 Å². The van der Waals surface area contributed by atoms with E-state index in [1.165, 1.54) is 30.4 Å². The Kier molecular flexibility index (Phi) is 10.9. The molecule has 1 atom stereocenters. The Balaban J connectivity index is 1.34. The van der Waals surface area contributed by atoms with Gasteiger partial charge in [-0.25, -0.2) is 0 Å². The summed E-state index contributed by atoms with van der Waals surface area (Å²) in [5.41, 5.74) is 7.99. The summed E-state index contributed by atoms with van der Waals surface area (Å²) in [5.74, 6) is 1.54. The summed E-state index contributed by atoms with van der Waals surface area (Å²) in [4.78, 5) is 4.56. The molecule has 0 amide bonds. The van der Waals surface area contributed by atoms with Gasteiger partial charge in [0.05, 0.1) is 6.61 Å². The van der Waals surface area contributed by atoms with E-state index < -0.39 is 0 Å². The average molecular weight is 581 g/mol. The smallest absolute Gasteiger partial charge is 0.119 e. The highest BCUT2D eigenvalue weighted by atomic mass is 16.5. The van der Waals surface area contributed by atoms with E-state index in [0.29, 0.717) is 5.92 Å². The molecule has 3 nitrogen and oxygen atoms in total. The number of rotatable bonds is 15. The summed E-state index contributed by atoms with van der Waals surface area (Å²) in [6.07, 6.45) is 6.82. The molecular weight excluding hydrogens is 536 g/mol. The van der Waals surface area contributed by atoms with Crippen LogP contribution in [0.5, 0.6) is 5.75 Å². The molecule has 0 saturated carbocycles. The van der Waals surface area contributed by atoms with E-state index >= 15 is 0 Å². The van der Waals surface area contributed by atoms with Gasteiger partial charge in [0.25, 0.3) is 0 Å². The SMILES string of the molecule is C=CCN(c1ccccc1)c1ccc(-c2ccc(N(c3ccccc3)c3ccc(OCC(CC)CCCC)cc3)cc2)cc1. The Morgan fingerprint density at radius 1 is 0.614 bits per heavy atom. The third-order valence-electron chi connectivity index (χ3n) is 8.16. The standard InChI is InChI=1S/C41H44N2O/c1-4-7-14-33(6-3)32-44-41-29-27-40(28-30-41)43(38-17-12-9-13-18-38)39-25-21-35(22-26-39)34-19-23-37(24-20-34)42(31-5-2)36-15-10-8-11-16-36/h5,8-13,15-30,33H,2,4,6-7,14,31-32H2,1,3H3. The highest BCUT2D eigenvalue weighted by molar-refractivity contribution is 5.79. The molecule has 5 aromatic carbocycles. The lowest BCUT2D eigenvalue weighted by atomic mass is 10.0. The number of hydrogen-bond acceptors (Lipinski definition) is 3. The van der Waals surface area contributed by atoms with Gasteiger partial charge >= 0.3 is 0 Å². The van der Waals surface area contributed by atoms with Gasteiger partial charge < -0.3 is 14.5 Å². The lowest BCUT2D eigenvalue weighted by Crippen LogP contribution is -2.16. The second-order valence-electron chi connectivity index (χ2n) is 11.2. The van der Waals surface area contributed by atoms with Gasteiger partial charge in [-0.1, -0.05) is 99.8 Å². The molecule has 0 radical (unpaired) electrons. The number of nitrogens with zero attached hydrogens (tertiary/aromatic N) is 2. The van der Waals surface area contributed by atoms with Crippen LogP contribution in [0, 0.1) is 5.92 Å². The van der Waals surface area contributed by atoms with Gasteiger partial charge in [0, 0.05) is 35.0 Å². The molecule has 5 aromatic rings. The second-order valence-corrected chi connectivity index (χ2v) is 11.2. The van der Waals surface area contributed by atoms with Crippen LogP contribution in [0.1, 0.15) is 39.5 Å². The predicted molar refractivity (Wildman–Crippen MR) is 189 cm³/mol. The van der Waals surface area contributed by atoms with Crippen LogP contribution in [0.2, 0.25) is 0 Å². The van der Waals surface area contributed by atoms with Crippen molar-refractivity contribution in [3.63, 3.8) is 0 Å². The van der Waals surface area contributed by atoms with E-state index in [2.05, 4.69) is 158 Å². The molecule has 1 unspecified atom stereocenters. The van der Waals surface area contributed by atoms with Crippen molar-refractivity contribution in [2.24, 2.45) is 5.92 Å². The molecule has 0 fully saturated rings. The minimum atomic E-state index is 0.611. The maximum Gasteiger partial charge on any atom is 0.119 e. The highest BCUT2D eigenvalue weighted by Gasteiger charge is 2.14. The maximum atomic E-state index is 6.20. The summed E-state index contributed by atoms with van der Waals surface area (Å²) in [5, 5.41) is 0. The molecule has 0 bridgehead atoms. The zero-order valence-corrected chi connectivity index (χ0v) is 26.1. The molecule has 5 rings (SSSR count). The van der Waals surface area contributed by atoms with Crippen molar-refractivity contribution in [2.75, 3.05) is 23.0 Å². The van der Waals surface area contributed by atoms with Crippen LogP contribution in [-0.4, -0.2) is 13.2 Å². The normalized spacial score (nSPS) is 11.5. The minimum Gasteiger partial charge on any atom is -0.493 e. The first-order chi connectivity index (χ1) is 21.7. The maximum absolute atomic E-state index is 6.20. The lowest BCUT2D eigenvalue weighted by molar-refractivity contribution is 0.233. The highest BCUT2D eigenvalue weighted by Crippen LogP contribution is 2.37. The molecule has 0 aliphatic heterocycles. The van der Waals surface area contributed by atoms with Crippen LogP contribution in [-0.2, 0) is 0 Å². The number of para-hydroxylation sites is 2. The van der Waals surface area contributed by atoms with Gasteiger partial charge in [-0.15, -0.1) is 6.58 Å². The van der Waals surface area contributed by atoms with Gasteiger partial charge in [-0.05, 0) is 96.3 Å². The number of hydrogen-bond donors (Lipinski definition) is 0. The Morgan fingerprint density at radius 3 is 1.61 bits per heavy atom. The van der Waals surface area contributed by atoms with E-state index in [1.54, 1.807) is 0 Å². The van der Waals surface area contributed by atoms with Crippen LogP contribution < -0.4 is 14.5 Å². The quantitative estimate of drug-likeness (QED) is 0.115. The Morgan fingerprint density at radius 2 is 1.09 bits per heavy atom. The number of anilines is 5. The van der Waals surface area contributed by atoms with Gasteiger partial charge in [0.2, 0.25) is 0 Å². The molecule has 0 spiro atoms. The number of benzene rings is 5. The number of unbranched alkanes of at least 4 members (excludes halogenated alkanes) is 1. The van der Waals surface area contributed by atoms with Crippen molar-refractivity contribution >= 4 is 28.4 Å². The zero-order chi connectivity index (χ0) is 30.6. The Bertz CT molecular complexity index is 1550. The summed E-state index contributed by atoms with van der Waals surface area (Å²) in [6, 6.07) is 47.1. The largest absolute Gasteiger partial charge is 0.493 e. The monoisotopic (exact) mass is 580 g/mol. The van der Waals surface area contributed by atoms with E-state index in [4.69, 9.17) is 4.74 Å². The topological polar surface area (TPSA) is 15.7 Å². The van der Waals surface area contributed by atoms with Crippen LogP contribution in [0.25, 0.3) is 11.1 Å². The molecule has 0 aliphatic carbocycles. The van der Waals surface area contributed by atoms with Crippen LogP contribution in [0.15, 0.2) is 146 Å². The molecule has 224 valence electrons. The lowest BCUT2D eigenvalue weighted by Gasteiger charge is -2.26. The molecule has 44 heavy (non-hydrogen) atoms. The first-order valence-electron chi connectivity index (χ1n) is 15.9.